The van der Waals surface area contributed by atoms with Crippen molar-refractivity contribution in [3.05, 3.63) is 52.7 Å². The molecule has 0 aliphatic carbocycles. The van der Waals surface area contributed by atoms with Crippen molar-refractivity contribution in [3.8, 4) is 28.6 Å². The van der Waals surface area contributed by atoms with Gasteiger partial charge in [-0.05, 0) is 24.3 Å². The van der Waals surface area contributed by atoms with Gasteiger partial charge < -0.3 is 39.8 Å². The SMILES string of the molecule is O=C(Oc1cc(O)c2c(=O)cc(-c3ccc(O)cc3)oc2c1)C(=O)[C@@H](O)[C@H](O)[C@@H](O)CO. The molecule has 0 radical (unpaired) electrons. The fourth-order valence-corrected chi connectivity index (χ4v) is 2.82. The van der Waals surface area contributed by atoms with Crippen LogP contribution in [0.4, 0.5) is 0 Å². The van der Waals surface area contributed by atoms with Crippen molar-refractivity contribution < 1.29 is 49.4 Å². The number of ketones is 1. The van der Waals surface area contributed by atoms with Crippen LogP contribution in [0, 0.1) is 0 Å². The van der Waals surface area contributed by atoms with Crippen LogP contribution in [-0.4, -0.2) is 67.3 Å². The predicted octanol–water partition coefficient (Wildman–Crippen LogP) is -0.579. The van der Waals surface area contributed by atoms with Crippen molar-refractivity contribution in [2.75, 3.05) is 6.61 Å². The Bertz CT molecular complexity index is 1210. The Morgan fingerprint density at radius 3 is 2.28 bits per heavy atom. The highest BCUT2D eigenvalue weighted by molar-refractivity contribution is 6.36. The first kappa shape index (κ1) is 22.9. The molecule has 0 saturated heterocycles. The largest absolute Gasteiger partial charge is 0.508 e. The van der Waals surface area contributed by atoms with E-state index in [9.17, 15) is 39.9 Å². The number of esters is 1. The molecule has 11 heteroatoms. The molecule has 32 heavy (non-hydrogen) atoms. The van der Waals surface area contributed by atoms with Gasteiger partial charge in [0.2, 0.25) is 0 Å². The van der Waals surface area contributed by atoms with Gasteiger partial charge in [-0.25, -0.2) is 4.79 Å². The first-order valence-electron chi connectivity index (χ1n) is 9.13. The third-order valence-electron chi connectivity index (χ3n) is 4.52. The van der Waals surface area contributed by atoms with E-state index in [4.69, 9.17) is 14.3 Å². The van der Waals surface area contributed by atoms with E-state index >= 15 is 0 Å². The molecule has 0 aliphatic rings. The van der Waals surface area contributed by atoms with E-state index in [-0.39, 0.29) is 22.5 Å². The molecule has 0 unspecified atom stereocenters. The molecule has 1 aromatic heterocycles. The zero-order valence-electron chi connectivity index (χ0n) is 16.2. The van der Waals surface area contributed by atoms with E-state index in [1.165, 1.54) is 24.3 Å². The molecule has 168 valence electrons. The molecule has 2 aromatic carbocycles. The lowest BCUT2D eigenvalue weighted by Crippen LogP contribution is -2.47. The second-order valence-corrected chi connectivity index (χ2v) is 6.78. The predicted molar refractivity (Wildman–Crippen MR) is 107 cm³/mol. The number of fused-ring (bicyclic) bond motifs is 1. The van der Waals surface area contributed by atoms with Crippen molar-refractivity contribution in [2.45, 2.75) is 18.3 Å². The number of phenols is 2. The molecule has 6 N–H and O–H groups in total. The average molecular weight is 446 g/mol. The summed E-state index contributed by atoms with van der Waals surface area (Å²) in [5.41, 5.74) is -0.372. The summed E-state index contributed by atoms with van der Waals surface area (Å²) in [6.45, 7) is -0.971. The molecule has 0 saturated carbocycles. The van der Waals surface area contributed by atoms with Crippen LogP contribution in [0.2, 0.25) is 0 Å². The minimum atomic E-state index is -2.38. The fraction of sp³-hybridized carbons (Fsp3) is 0.190. The van der Waals surface area contributed by atoms with E-state index in [1.54, 1.807) is 0 Å². The molecule has 0 bridgehead atoms. The van der Waals surface area contributed by atoms with E-state index < -0.39 is 53.6 Å². The fourth-order valence-electron chi connectivity index (χ4n) is 2.82. The maximum absolute atomic E-state index is 12.4. The van der Waals surface area contributed by atoms with Crippen molar-refractivity contribution in [1.29, 1.82) is 0 Å². The Balaban J connectivity index is 1.92. The Morgan fingerprint density at radius 2 is 1.66 bits per heavy atom. The number of aliphatic hydroxyl groups excluding tert-OH is 4. The molecule has 11 nitrogen and oxygen atoms in total. The molecule has 3 aromatic rings. The highest BCUT2D eigenvalue weighted by Gasteiger charge is 2.35. The summed E-state index contributed by atoms with van der Waals surface area (Å²) in [4.78, 5) is 36.4. The van der Waals surface area contributed by atoms with Crippen LogP contribution < -0.4 is 10.2 Å². The van der Waals surface area contributed by atoms with Gasteiger partial charge in [-0.2, -0.15) is 0 Å². The molecule has 0 aliphatic heterocycles. The standard InChI is InChI=1S/C21H18O11/c22-8-14(26)18(27)19(28)20(29)21(30)31-11-5-12(24)17-13(25)7-15(32-16(17)6-11)9-1-3-10(23)4-2-9/h1-7,14,18-19,22-24,26-28H,8H2/t14-,18+,19-/m0/s1. The number of aromatic hydroxyl groups is 2. The van der Waals surface area contributed by atoms with Gasteiger partial charge >= 0.3 is 5.97 Å². The molecule has 0 amide bonds. The quantitative estimate of drug-likeness (QED) is 0.154. The molecular weight excluding hydrogens is 428 g/mol. The monoisotopic (exact) mass is 446 g/mol. The Labute approximate surface area is 179 Å². The summed E-state index contributed by atoms with van der Waals surface area (Å²) >= 11 is 0. The van der Waals surface area contributed by atoms with Gasteiger partial charge in [0.25, 0.3) is 5.78 Å². The normalized spacial score (nSPS) is 14.0. The van der Waals surface area contributed by atoms with Gasteiger partial charge in [0.05, 0.1) is 6.61 Å². The molecule has 0 spiro atoms. The first-order valence-corrected chi connectivity index (χ1v) is 9.13. The number of carbonyl (C=O) groups is 2. The van der Waals surface area contributed by atoms with Gasteiger partial charge in [-0.1, -0.05) is 0 Å². The van der Waals surface area contributed by atoms with Gasteiger partial charge in [-0.15, -0.1) is 0 Å². The number of phenolic OH excluding ortho intramolecular Hbond substituents is 2. The topological polar surface area (TPSA) is 195 Å². The number of benzene rings is 2. The van der Waals surface area contributed by atoms with Gasteiger partial charge in [-0.3, -0.25) is 9.59 Å². The van der Waals surface area contributed by atoms with Crippen molar-refractivity contribution >= 4 is 22.7 Å². The van der Waals surface area contributed by atoms with E-state index in [0.29, 0.717) is 5.56 Å². The number of ether oxygens (including phenoxy) is 1. The molecule has 3 rings (SSSR count). The minimum absolute atomic E-state index is 0.00721. The van der Waals surface area contributed by atoms with E-state index in [1.807, 2.05) is 0 Å². The van der Waals surface area contributed by atoms with Crippen molar-refractivity contribution in [3.63, 3.8) is 0 Å². The van der Waals surface area contributed by atoms with Crippen molar-refractivity contribution in [2.24, 2.45) is 0 Å². The number of aliphatic hydroxyl groups is 4. The lowest BCUT2D eigenvalue weighted by atomic mass is 10.0. The van der Waals surface area contributed by atoms with Crippen LogP contribution in [-0.2, 0) is 9.59 Å². The second kappa shape index (κ2) is 9.16. The number of hydrogen-bond donors (Lipinski definition) is 6. The number of hydrogen-bond acceptors (Lipinski definition) is 11. The Hall–Kier alpha value is -3.77. The summed E-state index contributed by atoms with van der Waals surface area (Å²) in [7, 11) is 0. The number of rotatable bonds is 7. The molecule has 3 atom stereocenters. The summed E-state index contributed by atoms with van der Waals surface area (Å²) in [6.07, 6.45) is -6.40. The van der Waals surface area contributed by atoms with Crippen LogP contribution in [0.5, 0.6) is 17.2 Å². The maximum atomic E-state index is 12.4. The van der Waals surface area contributed by atoms with Gasteiger partial charge in [0, 0.05) is 23.8 Å². The molecule has 1 heterocycles. The van der Waals surface area contributed by atoms with Crippen LogP contribution in [0.25, 0.3) is 22.3 Å². The van der Waals surface area contributed by atoms with E-state index in [2.05, 4.69) is 0 Å². The lowest BCUT2D eigenvalue weighted by Gasteiger charge is -2.19. The third kappa shape index (κ3) is 4.60. The number of carbonyl (C=O) groups excluding carboxylic acids is 2. The summed E-state index contributed by atoms with van der Waals surface area (Å²) in [5, 5.41) is 56.6. The Morgan fingerprint density at radius 1 is 1.00 bits per heavy atom. The maximum Gasteiger partial charge on any atom is 0.382 e. The third-order valence-corrected chi connectivity index (χ3v) is 4.52. The lowest BCUT2D eigenvalue weighted by molar-refractivity contribution is -0.157. The summed E-state index contributed by atoms with van der Waals surface area (Å²) in [5.74, 6) is -4.21. The average Bonchev–Trinajstić information content (AvgIpc) is 2.76. The molecular formula is C21H18O11. The van der Waals surface area contributed by atoms with Crippen LogP contribution >= 0.6 is 0 Å². The van der Waals surface area contributed by atoms with Crippen LogP contribution in [0.15, 0.2) is 51.7 Å². The van der Waals surface area contributed by atoms with Gasteiger partial charge in [0.15, 0.2) is 11.5 Å². The number of Topliss-reactive ketones (excluding diaryl/α,β-unsaturated/α-hetero) is 1. The molecule has 0 fully saturated rings. The Kier molecular flexibility index (Phi) is 6.55. The van der Waals surface area contributed by atoms with Gasteiger partial charge in [0.1, 0.15) is 46.2 Å². The summed E-state index contributed by atoms with van der Waals surface area (Å²) in [6, 6.07) is 8.74. The van der Waals surface area contributed by atoms with Crippen LogP contribution in [0.1, 0.15) is 0 Å². The summed E-state index contributed by atoms with van der Waals surface area (Å²) < 4.78 is 10.4. The van der Waals surface area contributed by atoms with E-state index in [0.717, 1.165) is 18.2 Å². The zero-order valence-corrected chi connectivity index (χ0v) is 16.2. The minimum Gasteiger partial charge on any atom is -0.508 e. The smallest absolute Gasteiger partial charge is 0.382 e. The highest BCUT2D eigenvalue weighted by Crippen LogP contribution is 2.31. The highest BCUT2D eigenvalue weighted by atomic mass is 16.5. The first-order chi connectivity index (χ1) is 15.1. The van der Waals surface area contributed by atoms with Crippen LogP contribution in [0.3, 0.4) is 0 Å². The van der Waals surface area contributed by atoms with Crippen molar-refractivity contribution in [1.82, 2.24) is 0 Å². The zero-order chi connectivity index (χ0) is 23.6. The second-order valence-electron chi connectivity index (χ2n) is 6.78.